The van der Waals surface area contributed by atoms with Crippen molar-refractivity contribution in [1.29, 1.82) is 0 Å². The summed E-state index contributed by atoms with van der Waals surface area (Å²) >= 11 is 1.58. The van der Waals surface area contributed by atoms with Crippen molar-refractivity contribution in [3.63, 3.8) is 0 Å². The lowest BCUT2D eigenvalue weighted by Gasteiger charge is -2.21. The highest BCUT2D eigenvalue weighted by atomic mass is 127. The average Bonchev–Trinajstić information content (AvgIpc) is 3.06. The smallest absolute Gasteiger partial charge is 0.191 e. The van der Waals surface area contributed by atoms with Crippen LogP contribution in [0.1, 0.15) is 19.4 Å². The van der Waals surface area contributed by atoms with Crippen LogP contribution < -0.4 is 10.6 Å². The van der Waals surface area contributed by atoms with Crippen molar-refractivity contribution in [2.75, 3.05) is 53.5 Å². The predicted octanol–water partition coefficient (Wildman–Crippen LogP) is 1.71. The topological polar surface area (TPSA) is 69.1 Å². The summed E-state index contributed by atoms with van der Waals surface area (Å²) in [5, 5.41) is 20.9. The first kappa shape index (κ1) is 23.6. The van der Waals surface area contributed by atoms with Gasteiger partial charge in [0.2, 0.25) is 0 Å². The molecule has 0 aliphatic rings. The lowest BCUT2D eigenvalue weighted by molar-refractivity contribution is 0.0677. The maximum atomic E-state index is 10.5. The van der Waals surface area contributed by atoms with E-state index >= 15 is 0 Å². The molecular formula is C16H31IN4O2S. The summed E-state index contributed by atoms with van der Waals surface area (Å²) in [6, 6.07) is 1.94. The molecule has 0 aliphatic carbocycles. The van der Waals surface area contributed by atoms with E-state index in [-0.39, 0.29) is 24.0 Å². The molecule has 8 heteroatoms. The minimum Gasteiger partial charge on any atom is -0.383 e. The highest BCUT2D eigenvalue weighted by molar-refractivity contribution is 14.0. The molecule has 1 aromatic heterocycles. The van der Waals surface area contributed by atoms with Gasteiger partial charge in [-0.05, 0) is 43.3 Å². The SMILES string of the molecule is CCNC(=NCC(C)(O)c1ccsc1)NCCN(C)CCOC.I. The molecular weight excluding hydrogens is 439 g/mol. The fourth-order valence-corrected chi connectivity index (χ4v) is 2.74. The zero-order valence-electron chi connectivity index (χ0n) is 15.0. The number of thiophene rings is 1. The Bertz CT molecular complexity index is 455. The van der Waals surface area contributed by atoms with Crippen molar-refractivity contribution in [1.82, 2.24) is 15.5 Å². The lowest BCUT2D eigenvalue weighted by atomic mass is 10.00. The second-order valence-corrected chi connectivity index (χ2v) is 6.48. The van der Waals surface area contributed by atoms with Crippen LogP contribution in [0.4, 0.5) is 0 Å². The van der Waals surface area contributed by atoms with Crippen molar-refractivity contribution in [3.05, 3.63) is 22.4 Å². The van der Waals surface area contributed by atoms with Gasteiger partial charge in [-0.1, -0.05) is 0 Å². The summed E-state index contributed by atoms with van der Waals surface area (Å²) in [7, 11) is 3.77. The molecule has 140 valence electrons. The van der Waals surface area contributed by atoms with Crippen LogP contribution in [0.15, 0.2) is 21.8 Å². The fraction of sp³-hybridized carbons (Fsp3) is 0.688. The van der Waals surface area contributed by atoms with Crippen LogP contribution >= 0.6 is 35.3 Å². The second kappa shape index (κ2) is 12.9. The molecule has 24 heavy (non-hydrogen) atoms. The molecule has 1 heterocycles. The Morgan fingerprint density at radius 2 is 2.17 bits per heavy atom. The molecule has 0 saturated heterocycles. The molecule has 0 aliphatic heterocycles. The molecule has 0 radical (unpaired) electrons. The Balaban J connectivity index is 0.00000529. The van der Waals surface area contributed by atoms with E-state index in [1.165, 1.54) is 0 Å². The number of nitrogens with zero attached hydrogens (tertiary/aromatic N) is 2. The van der Waals surface area contributed by atoms with Gasteiger partial charge in [0.15, 0.2) is 5.96 Å². The van der Waals surface area contributed by atoms with Crippen molar-refractivity contribution in [2.24, 2.45) is 4.99 Å². The normalized spacial score (nSPS) is 14.2. The van der Waals surface area contributed by atoms with E-state index in [0.717, 1.165) is 44.3 Å². The maximum Gasteiger partial charge on any atom is 0.191 e. The number of ether oxygens (including phenoxy) is 1. The molecule has 0 amide bonds. The van der Waals surface area contributed by atoms with Gasteiger partial charge in [0.05, 0.1) is 13.2 Å². The standard InChI is InChI=1S/C16H30N4O2S.HI/c1-5-17-15(18-7-8-20(3)9-10-22-4)19-13-16(2,21)14-6-11-23-12-14;/h6,11-12,21H,5,7-10,13H2,1-4H3,(H2,17,18,19);1H. The molecule has 0 saturated carbocycles. The molecule has 6 nitrogen and oxygen atoms in total. The third kappa shape index (κ3) is 9.16. The summed E-state index contributed by atoms with van der Waals surface area (Å²) in [5.41, 5.74) is -0.0427. The lowest BCUT2D eigenvalue weighted by Crippen LogP contribution is -2.42. The minimum atomic E-state index is -0.947. The molecule has 0 spiro atoms. The highest BCUT2D eigenvalue weighted by Crippen LogP contribution is 2.23. The van der Waals surface area contributed by atoms with Gasteiger partial charge in [-0.15, -0.1) is 24.0 Å². The number of rotatable bonds is 10. The molecule has 0 bridgehead atoms. The monoisotopic (exact) mass is 470 g/mol. The maximum absolute atomic E-state index is 10.5. The highest BCUT2D eigenvalue weighted by Gasteiger charge is 2.23. The fourth-order valence-electron chi connectivity index (χ4n) is 1.96. The average molecular weight is 470 g/mol. The molecule has 0 aromatic carbocycles. The minimum absolute atomic E-state index is 0. The number of hydrogen-bond donors (Lipinski definition) is 3. The first-order valence-corrected chi connectivity index (χ1v) is 8.88. The summed E-state index contributed by atoms with van der Waals surface area (Å²) in [6.45, 7) is 8.23. The van der Waals surface area contributed by atoms with E-state index in [1.807, 2.05) is 23.8 Å². The zero-order valence-corrected chi connectivity index (χ0v) is 18.2. The summed E-state index contributed by atoms with van der Waals surface area (Å²) in [4.78, 5) is 6.70. The van der Waals surface area contributed by atoms with E-state index in [4.69, 9.17) is 4.74 Å². The van der Waals surface area contributed by atoms with Gasteiger partial charge in [-0.2, -0.15) is 11.3 Å². The Labute approximate surface area is 166 Å². The van der Waals surface area contributed by atoms with Gasteiger partial charge in [0.1, 0.15) is 5.60 Å². The van der Waals surface area contributed by atoms with E-state index in [9.17, 15) is 5.11 Å². The zero-order chi connectivity index (χ0) is 17.1. The van der Waals surface area contributed by atoms with Gasteiger partial charge in [0.25, 0.3) is 0 Å². The number of halogens is 1. The predicted molar refractivity (Wildman–Crippen MR) is 113 cm³/mol. The van der Waals surface area contributed by atoms with Crippen molar-refractivity contribution < 1.29 is 9.84 Å². The Kier molecular flexibility index (Phi) is 12.6. The number of nitrogens with one attached hydrogen (secondary N) is 2. The molecule has 1 atom stereocenters. The Hall–Kier alpha value is -0.420. The van der Waals surface area contributed by atoms with Crippen molar-refractivity contribution >= 4 is 41.3 Å². The van der Waals surface area contributed by atoms with E-state index in [2.05, 4.69) is 27.6 Å². The van der Waals surface area contributed by atoms with Gasteiger partial charge in [0, 0.05) is 33.3 Å². The van der Waals surface area contributed by atoms with Crippen LogP contribution in [-0.4, -0.2) is 69.5 Å². The largest absolute Gasteiger partial charge is 0.383 e. The van der Waals surface area contributed by atoms with Crippen LogP contribution in [-0.2, 0) is 10.3 Å². The summed E-state index contributed by atoms with van der Waals surface area (Å²) < 4.78 is 5.06. The van der Waals surface area contributed by atoms with Crippen LogP contribution in [0.3, 0.4) is 0 Å². The first-order valence-electron chi connectivity index (χ1n) is 7.94. The van der Waals surface area contributed by atoms with Crippen LogP contribution in [0, 0.1) is 0 Å². The quantitative estimate of drug-likeness (QED) is 0.276. The number of aliphatic hydroxyl groups is 1. The number of methoxy groups -OCH3 is 1. The Morgan fingerprint density at radius 1 is 1.42 bits per heavy atom. The number of hydrogen-bond acceptors (Lipinski definition) is 5. The van der Waals surface area contributed by atoms with E-state index in [0.29, 0.717) is 6.54 Å². The van der Waals surface area contributed by atoms with Crippen LogP contribution in [0.5, 0.6) is 0 Å². The number of guanidine groups is 1. The second-order valence-electron chi connectivity index (χ2n) is 5.70. The van der Waals surface area contributed by atoms with Crippen molar-refractivity contribution in [3.8, 4) is 0 Å². The van der Waals surface area contributed by atoms with E-state index < -0.39 is 5.60 Å². The number of aliphatic imine (C=N–C) groups is 1. The van der Waals surface area contributed by atoms with Crippen LogP contribution in [0.25, 0.3) is 0 Å². The molecule has 3 N–H and O–H groups in total. The van der Waals surface area contributed by atoms with Gasteiger partial charge in [-0.3, -0.25) is 0 Å². The third-order valence-corrected chi connectivity index (χ3v) is 4.18. The summed E-state index contributed by atoms with van der Waals surface area (Å²) in [6.07, 6.45) is 0. The first-order chi connectivity index (χ1) is 11.0. The molecule has 0 fully saturated rings. The Morgan fingerprint density at radius 3 is 2.75 bits per heavy atom. The summed E-state index contributed by atoms with van der Waals surface area (Å²) in [5.74, 6) is 0.725. The van der Waals surface area contributed by atoms with Gasteiger partial charge in [-0.25, -0.2) is 4.99 Å². The van der Waals surface area contributed by atoms with Gasteiger partial charge < -0.3 is 25.4 Å². The van der Waals surface area contributed by atoms with Gasteiger partial charge >= 0.3 is 0 Å². The van der Waals surface area contributed by atoms with Crippen molar-refractivity contribution in [2.45, 2.75) is 19.4 Å². The van der Waals surface area contributed by atoms with E-state index in [1.54, 1.807) is 25.4 Å². The molecule has 1 rings (SSSR count). The third-order valence-electron chi connectivity index (χ3n) is 3.50. The van der Waals surface area contributed by atoms with Crippen LogP contribution in [0.2, 0.25) is 0 Å². The molecule has 1 unspecified atom stereocenters. The molecule has 1 aromatic rings. The number of likely N-dealkylation sites (N-methyl/N-ethyl adjacent to an activating group) is 1.